The minimum absolute atomic E-state index is 0.0137. The first-order chi connectivity index (χ1) is 16.3. The standard InChI is InChI=1S/C25H27F2N5O2/c1-25(2)22-20(14-32(25)13-15-9-18(26)11-19(27)10-15)23(31-30-22)29-24(33)17-5-3-16(4-6-17)21-12-28-7-8-34-21/h3-6,9-11,21,28H,7-8,12-14H2,1-2H3,(H2,29,30,31,33). The topological polar surface area (TPSA) is 82.3 Å². The number of rotatable bonds is 5. The number of hydrogen-bond acceptors (Lipinski definition) is 5. The van der Waals surface area contributed by atoms with Gasteiger partial charge in [-0.15, -0.1) is 0 Å². The van der Waals surface area contributed by atoms with Crippen molar-refractivity contribution in [3.05, 3.63) is 82.0 Å². The van der Waals surface area contributed by atoms with Gasteiger partial charge in [0.2, 0.25) is 0 Å². The van der Waals surface area contributed by atoms with Gasteiger partial charge in [0.1, 0.15) is 11.6 Å². The number of halogens is 2. The molecule has 0 bridgehead atoms. The van der Waals surface area contributed by atoms with E-state index in [1.54, 1.807) is 12.1 Å². The van der Waals surface area contributed by atoms with E-state index in [9.17, 15) is 13.6 Å². The van der Waals surface area contributed by atoms with E-state index in [0.29, 0.717) is 36.6 Å². The molecule has 3 heterocycles. The van der Waals surface area contributed by atoms with Crippen LogP contribution in [0, 0.1) is 11.6 Å². The minimum atomic E-state index is -0.600. The van der Waals surface area contributed by atoms with Crippen molar-refractivity contribution >= 4 is 11.7 Å². The summed E-state index contributed by atoms with van der Waals surface area (Å²) in [6, 6.07) is 10.9. The summed E-state index contributed by atoms with van der Waals surface area (Å²) in [6.07, 6.45) is -0.0137. The number of hydrogen-bond donors (Lipinski definition) is 3. The van der Waals surface area contributed by atoms with Crippen LogP contribution < -0.4 is 10.6 Å². The molecule has 3 N–H and O–H groups in total. The third kappa shape index (κ3) is 4.34. The largest absolute Gasteiger partial charge is 0.371 e. The fourth-order valence-electron chi connectivity index (χ4n) is 4.66. The molecule has 178 valence electrons. The van der Waals surface area contributed by atoms with Crippen molar-refractivity contribution in [1.82, 2.24) is 20.4 Å². The van der Waals surface area contributed by atoms with Crippen molar-refractivity contribution in [2.24, 2.45) is 0 Å². The van der Waals surface area contributed by atoms with Crippen molar-refractivity contribution in [3.8, 4) is 0 Å². The first-order valence-corrected chi connectivity index (χ1v) is 11.3. The quantitative estimate of drug-likeness (QED) is 0.531. The molecule has 0 radical (unpaired) electrons. The Kier molecular flexibility index (Phi) is 5.93. The Balaban J connectivity index is 1.30. The molecule has 1 atom stereocenters. The van der Waals surface area contributed by atoms with Crippen molar-refractivity contribution in [2.75, 3.05) is 25.0 Å². The Morgan fingerprint density at radius 2 is 1.94 bits per heavy atom. The van der Waals surface area contributed by atoms with Crippen LogP contribution in [0.1, 0.15) is 52.7 Å². The highest BCUT2D eigenvalue weighted by Gasteiger charge is 2.41. The highest BCUT2D eigenvalue weighted by molar-refractivity contribution is 6.04. The molecule has 2 aromatic carbocycles. The van der Waals surface area contributed by atoms with Gasteiger partial charge in [-0.05, 0) is 49.2 Å². The van der Waals surface area contributed by atoms with Crippen molar-refractivity contribution in [1.29, 1.82) is 0 Å². The van der Waals surface area contributed by atoms with Gasteiger partial charge >= 0.3 is 0 Å². The number of benzene rings is 2. The normalized spacial score (nSPS) is 19.7. The summed E-state index contributed by atoms with van der Waals surface area (Å²) in [5.74, 6) is -0.994. The van der Waals surface area contributed by atoms with E-state index >= 15 is 0 Å². The maximum Gasteiger partial charge on any atom is 0.256 e. The first kappa shape index (κ1) is 22.6. The number of aromatic nitrogens is 2. The van der Waals surface area contributed by atoms with Crippen LogP contribution in [0.2, 0.25) is 0 Å². The van der Waals surface area contributed by atoms with Crippen LogP contribution in [0.5, 0.6) is 0 Å². The first-order valence-electron chi connectivity index (χ1n) is 11.3. The number of ether oxygens (including phenoxy) is 1. The summed E-state index contributed by atoms with van der Waals surface area (Å²) < 4.78 is 33.1. The molecule has 1 saturated heterocycles. The number of aromatic amines is 1. The van der Waals surface area contributed by atoms with Crippen LogP contribution in [-0.4, -0.2) is 40.7 Å². The Hall–Kier alpha value is -3.14. The molecule has 0 aliphatic carbocycles. The van der Waals surface area contributed by atoms with Gasteiger partial charge in [0, 0.05) is 43.4 Å². The van der Waals surface area contributed by atoms with Crippen LogP contribution in [0.25, 0.3) is 0 Å². The SMILES string of the molecule is CC1(C)c2[nH]nc(NC(=O)c3ccc(C4CNCCO4)cc3)c2CN1Cc1cc(F)cc(F)c1. The summed E-state index contributed by atoms with van der Waals surface area (Å²) in [5.41, 5.74) is 3.38. The molecular formula is C25H27F2N5O2. The summed E-state index contributed by atoms with van der Waals surface area (Å²) in [4.78, 5) is 15.0. The number of carbonyl (C=O) groups is 1. The van der Waals surface area contributed by atoms with Gasteiger partial charge in [-0.1, -0.05) is 12.1 Å². The number of nitrogens with one attached hydrogen (secondary N) is 3. The van der Waals surface area contributed by atoms with Crippen molar-refractivity contribution < 1.29 is 18.3 Å². The number of anilines is 1. The fraction of sp³-hybridized carbons (Fsp3) is 0.360. The van der Waals surface area contributed by atoms with E-state index in [4.69, 9.17) is 4.74 Å². The number of fused-ring (bicyclic) bond motifs is 1. The predicted octanol–water partition coefficient (Wildman–Crippen LogP) is 3.85. The second kappa shape index (κ2) is 8.90. The Morgan fingerprint density at radius 3 is 2.62 bits per heavy atom. The molecule has 0 spiro atoms. The van der Waals surface area contributed by atoms with Crippen LogP contribution in [0.4, 0.5) is 14.6 Å². The molecule has 1 unspecified atom stereocenters. The van der Waals surface area contributed by atoms with Gasteiger partial charge in [-0.3, -0.25) is 14.8 Å². The second-order valence-electron chi connectivity index (χ2n) is 9.26. The summed E-state index contributed by atoms with van der Waals surface area (Å²) in [7, 11) is 0. The summed E-state index contributed by atoms with van der Waals surface area (Å²) >= 11 is 0. The molecule has 34 heavy (non-hydrogen) atoms. The van der Waals surface area contributed by atoms with Gasteiger partial charge in [0.25, 0.3) is 5.91 Å². The zero-order chi connectivity index (χ0) is 23.9. The number of amides is 1. The third-order valence-electron chi connectivity index (χ3n) is 6.62. The van der Waals surface area contributed by atoms with Gasteiger partial charge in [0.05, 0.1) is 23.9 Å². The van der Waals surface area contributed by atoms with Crippen molar-refractivity contribution in [2.45, 2.75) is 38.6 Å². The molecule has 0 saturated carbocycles. The molecular weight excluding hydrogens is 440 g/mol. The van der Waals surface area contributed by atoms with Crippen LogP contribution in [0.15, 0.2) is 42.5 Å². The maximum absolute atomic E-state index is 13.7. The molecule has 2 aliphatic rings. The van der Waals surface area contributed by atoms with E-state index in [0.717, 1.165) is 36.0 Å². The molecule has 1 fully saturated rings. The van der Waals surface area contributed by atoms with Gasteiger partial charge < -0.3 is 15.4 Å². The summed E-state index contributed by atoms with van der Waals surface area (Å²) in [5, 5.41) is 13.6. The lowest BCUT2D eigenvalue weighted by atomic mass is 10.00. The zero-order valence-electron chi connectivity index (χ0n) is 19.1. The molecule has 7 nitrogen and oxygen atoms in total. The monoisotopic (exact) mass is 467 g/mol. The highest BCUT2D eigenvalue weighted by Crippen LogP contribution is 2.41. The lowest BCUT2D eigenvalue weighted by Crippen LogP contribution is -2.35. The molecule has 9 heteroatoms. The van der Waals surface area contributed by atoms with Crippen LogP contribution >= 0.6 is 0 Å². The second-order valence-corrected chi connectivity index (χ2v) is 9.26. The maximum atomic E-state index is 13.7. The fourth-order valence-corrected chi connectivity index (χ4v) is 4.66. The molecule has 3 aromatic rings. The van der Waals surface area contributed by atoms with E-state index in [1.807, 2.05) is 26.0 Å². The highest BCUT2D eigenvalue weighted by atomic mass is 19.1. The Bertz CT molecular complexity index is 1180. The Morgan fingerprint density at radius 1 is 1.21 bits per heavy atom. The van der Waals surface area contributed by atoms with E-state index in [-0.39, 0.29) is 12.0 Å². The Labute approximate surface area is 196 Å². The summed E-state index contributed by atoms with van der Waals surface area (Å²) in [6.45, 7) is 7.13. The lowest BCUT2D eigenvalue weighted by molar-refractivity contribution is 0.0277. The lowest BCUT2D eigenvalue weighted by Gasteiger charge is -2.31. The number of nitrogens with zero attached hydrogens (tertiary/aromatic N) is 2. The zero-order valence-corrected chi connectivity index (χ0v) is 19.1. The molecule has 1 aromatic heterocycles. The molecule has 5 rings (SSSR count). The molecule has 1 amide bonds. The van der Waals surface area contributed by atoms with Gasteiger partial charge in [0.15, 0.2) is 5.82 Å². The van der Waals surface area contributed by atoms with E-state index in [2.05, 4.69) is 25.7 Å². The average Bonchev–Trinajstić information content (AvgIpc) is 3.32. The van der Waals surface area contributed by atoms with Gasteiger partial charge in [-0.2, -0.15) is 5.10 Å². The van der Waals surface area contributed by atoms with Crippen molar-refractivity contribution in [3.63, 3.8) is 0 Å². The number of carbonyl (C=O) groups excluding carboxylic acids is 1. The third-order valence-corrected chi connectivity index (χ3v) is 6.62. The van der Waals surface area contributed by atoms with Crippen LogP contribution in [0.3, 0.4) is 0 Å². The number of H-pyrrole nitrogens is 1. The average molecular weight is 468 g/mol. The van der Waals surface area contributed by atoms with Gasteiger partial charge in [-0.25, -0.2) is 8.78 Å². The smallest absolute Gasteiger partial charge is 0.256 e. The van der Waals surface area contributed by atoms with E-state index < -0.39 is 17.2 Å². The number of morpholine rings is 1. The van der Waals surface area contributed by atoms with E-state index in [1.165, 1.54) is 12.1 Å². The molecule has 2 aliphatic heterocycles. The van der Waals surface area contributed by atoms with Crippen LogP contribution in [-0.2, 0) is 23.4 Å². The minimum Gasteiger partial charge on any atom is -0.371 e. The predicted molar refractivity (Wildman–Crippen MR) is 123 cm³/mol.